The first-order chi connectivity index (χ1) is 15.2. The van der Waals surface area contributed by atoms with Crippen LogP contribution < -0.4 is 0 Å². The van der Waals surface area contributed by atoms with Gasteiger partial charge in [-0.1, -0.05) is 41.5 Å². The molecule has 1 rings (SSSR count). The minimum Gasteiger partial charge on any atom is -0.457 e. The van der Waals surface area contributed by atoms with Gasteiger partial charge in [-0.2, -0.15) is 0 Å². The Hall–Kier alpha value is -0.456. The van der Waals surface area contributed by atoms with Crippen LogP contribution >= 0.6 is 12.2 Å². The van der Waals surface area contributed by atoms with Gasteiger partial charge in [-0.3, -0.25) is 4.79 Å². The molecule has 0 N–H and O–H groups in total. The zero-order valence-corrected chi connectivity index (χ0v) is 24.0. The second-order valence-electron chi connectivity index (χ2n) is 8.44. The summed E-state index contributed by atoms with van der Waals surface area (Å²) in [7, 11) is -2.52. The van der Waals surface area contributed by atoms with Gasteiger partial charge in [0.2, 0.25) is 0 Å². The monoisotopic (exact) mass is 505 g/mol. The standard InChI is InChI=1S/C22H43NO6SSi2/c1-9-31(10-2,11-3)28-20-19(26-17(7)24)18(15-23-16-30)27-22(25-8)21(20)29-32(12-4,13-5)14-6/h18-22H,9-15H2,1-8H3/t18-,19-,20+,21-,22+/m1/s1. The van der Waals surface area contributed by atoms with E-state index < -0.39 is 47.3 Å². The summed E-state index contributed by atoms with van der Waals surface area (Å²) in [6.45, 7) is 14.7. The van der Waals surface area contributed by atoms with Crippen LogP contribution in [0.2, 0.25) is 36.3 Å². The Morgan fingerprint density at radius 1 is 0.906 bits per heavy atom. The normalized spacial score (nSPS) is 26.4. The van der Waals surface area contributed by atoms with E-state index in [2.05, 4.69) is 51.7 Å². The number of carbonyl (C=O) groups excluding carboxylic acids is 1. The number of aliphatic imine (C=N–C) groups is 1. The highest BCUT2D eigenvalue weighted by Gasteiger charge is 2.53. The third-order valence-corrected chi connectivity index (χ3v) is 16.5. The van der Waals surface area contributed by atoms with Crippen molar-refractivity contribution >= 4 is 40.0 Å². The van der Waals surface area contributed by atoms with Gasteiger partial charge < -0.3 is 23.1 Å². The molecule has 0 unspecified atom stereocenters. The number of isothiocyanates is 1. The van der Waals surface area contributed by atoms with Crippen molar-refractivity contribution in [3.8, 4) is 0 Å². The Balaban J connectivity index is 3.56. The molecule has 1 heterocycles. The summed E-state index contributed by atoms with van der Waals surface area (Å²) >= 11 is 4.77. The number of rotatable bonds is 14. The Labute approximate surface area is 201 Å². The number of ether oxygens (including phenoxy) is 3. The van der Waals surface area contributed by atoms with E-state index in [-0.39, 0.29) is 12.5 Å². The predicted molar refractivity (Wildman–Crippen MR) is 135 cm³/mol. The number of methoxy groups -OCH3 is 1. The van der Waals surface area contributed by atoms with Crippen molar-refractivity contribution in [3.05, 3.63) is 0 Å². The van der Waals surface area contributed by atoms with E-state index >= 15 is 0 Å². The van der Waals surface area contributed by atoms with Gasteiger partial charge in [0, 0.05) is 14.0 Å². The molecule has 0 radical (unpaired) electrons. The van der Waals surface area contributed by atoms with E-state index in [1.54, 1.807) is 7.11 Å². The average molecular weight is 506 g/mol. The van der Waals surface area contributed by atoms with Crippen molar-refractivity contribution in [3.63, 3.8) is 0 Å². The maximum Gasteiger partial charge on any atom is 0.303 e. The quantitative estimate of drug-likeness (QED) is 0.139. The van der Waals surface area contributed by atoms with E-state index in [0.29, 0.717) is 0 Å². The minimum absolute atomic E-state index is 0.213. The summed E-state index contributed by atoms with van der Waals surface area (Å²) in [5, 5.41) is 2.39. The highest BCUT2D eigenvalue weighted by Crippen LogP contribution is 2.37. The number of esters is 1. The fraction of sp³-hybridized carbons (Fsp3) is 0.909. The molecule has 186 valence electrons. The largest absolute Gasteiger partial charge is 0.457 e. The fourth-order valence-corrected chi connectivity index (χ4v) is 10.3. The van der Waals surface area contributed by atoms with Gasteiger partial charge in [-0.25, -0.2) is 4.99 Å². The number of hydrogen-bond acceptors (Lipinski definition) is 8. The number of nitrogens with zero attached hydrogens (tertiary/aromatic N) is 1. The van der Waals surface area contributed by atoms with Crippen LogP contribution in [-0.2, 0) is 27.9 Å². The topological polar surface area (TPSA) is 75.6 Å². The van der Waals surface area contributed by atoms with Crippen LogP contribution in [0.5, 0.6) is 0 Å². The summed E-state index contributed by atoms with van der Waals surface area (Å²) in [4.78, 5) is 16.2. The van der Waals surface area contributed by atoms with Crippen LogP contribution in [0.25, 0.3) is 0 Å². The van der Waals surface area contributed by atoms with Crippen molar-refractivity contribution in [2.24, 2.45) is 4.99 Å². The average Bonchev–Trinajstić information content (AvgIpc) is 2.81. The number of thiocarbonyl (C=S) groups is 1. The highest BCUT2D eigenvalue weighted by molar-refractivity contribution is 7.78. The van der Waals surface area contributed by atoms with Gasteiger partial charge in [0.05, 0.1) is 11.7 Å². The second-order valence-corrected chi connectivity index (χ2v) is 18.1. The predicted octanol–water partition coefficient (Wildman–Crippen LogP) is 5.17. The molecule has 0 aliphatic carbocycles. The molecule has 32 heavy (non-hydrogen) atoms. The van der Waals surface area contributed by atoms with Crippen LogP contribution in [0.3, 0.4) is 0 Å². The van der Waals surface area contributed by atoms with Crippen LogP contribution in [0.1, 0.15) is 48.5 Å². The van der Waals surface area contributed by atoms with E-state index in [1.807, 2.05) is 0 Å². The van der Waals surface area contributed by atoms with Crippen LogP contribution in [-0.4, -0.2) is 72.1 Å². The summed E-state index contributed by atoms with van der Waals surface area (Å²) in [6.07, 6.45) is -2.84. The maximum atomic E-state index is 12.1. The molecule has 0 aromatic heterocycles. The Morgan fingerprint density at radius 2 is 1.38 bits per heavy atom. The van der Waals surface area contributed by atoms with Crippen molar-refractivity contribution in [1.29, 1.82) is 0 Å². The van der Waals surface area contributed by atoms with Gasteiger partial charge in [0.1, 0.15) is 18.3 Å². The first kappa shape index (κ1) is 29.6. The van der Waals surface area contributed by atoms with Gasteiger partial charge in [-0.15, -0.1) is 0 Å². The van der Waals surface area contributed by atoms with E-state index in [0.717, 1.165) is 36.3 Å². The molecule has 0 bridgehead atoms. The lowest BCUT2D eigenvalue weighted by atomic mass is 9.98. The third-order valence-electron chi connectivity index (χ3n) is 7.10. The SMILES string of the molecule is CC[Si](CC)(CC)O[C@@H]1[C@@H](O[Si](CC)(CC)CC)[C@@H](OC)O[C@H](CN=C=S)[C@H]1OC(C)=O. The molecule has 1 saturated heterocycles. The lowest BCUT2D eigenvalue weighted by Crippen LogP contribution is -2.66. The molecule has 0 aromatic carbocycles. The lowest BCUT2D eigenvalue weighted by molar-refractivity contribution is -0.283. The molecule has 0 spiro atoms. The minimum atomic E-state index is -2.08. The molecule has 5 atom stereocenters. The molecule has 0 saturated carbocycles. The summed E-state index contributed by atoms with van der Waals surface area (Å²) in [5.41, 5.74) is 0. The second kappa shape index (κ2) is 14.1. The highest BCUT2D eigenvalue weighted by atomic mass is 32.1. The molecule has 10 heteroatoms. The first-order valence-corrected chi connectivity index (χ1v) is 17.5. The molecular weight excluding hydrogens is 462 g/mol. The van der Waals surface area contributed by atoms with Crippen LogP contribution in [0.4, 0.5) is 0 Å². The molecular formula is C22H43NO6SSi2. The molecule has 7 nitrogen and oxygen atoms in total. The number of hydrogen-bond donors (Lipinski definition) is 0. The maximum absolute atomic E-state index is 12.1. The Kier molecular flexibility index (Phi) is 13.0. The third kappa shape index (κ3) is 7.27. The lowest BCUT2D eigenvalue weighted by Gasteiger charge is -2.50. The van der Waals surface area contributed by atoms with Crippen molar-refractivity contribution in [2.75, 3.05) is 13.7 Å². The first-order valence-electron chi connectivity index (χ1n) is 12.0. The van der Waals surface area contributed by atoms with Gasteiger partial charge in [0.15, 0.2) is 29.0 Å². The van der Waals surface area contributed by atoms with E-state index in [4.69, 9.17) is 35.3 Å². The summed E-state index contributed by atoms with van der Waals surface area (Å²) < 4.78 is 31.7. The van der Waals surface area contributed by atoms with Crippen molar-refractivity contribution in [1.82, 2.24) is 0 Å². The number of carbonyl (C=O) groups is 1. The molecule has 1 fully saturated rings. The van der Waals surface area contributed by atoms with Gasteiger partial charge in [-0.05, 0) is 48.5 Å². The molecule has 0 amide bonds. The molecule has 1 aliphatic heterocycles. The summed E-state index contributed by atoms with van der Waals surface area (Å²) in [5.74, 6) is -0.389. The Morgan fingerprint density at radius 3 is 1.75 bits per heavy atom. The van der Waals surface area contributed by atoms with E-state index in [9.17, 15) is 4.79 Å². The van der Waals surface area contributed by atoms with E-state index in [1.165, 1.54) is 6.92 Å². The van der Waals surface area contributed by atoms with Crippen molar-refractivity contribution in [2.45, 2.75) is 115 Å². The van der Waals surface area contributed by atoms with Gasteiger partial charge in [0.25, 0.3) is 0 Å². The smallest absolute Gasteiger partial charge is 0.303 e. The molecule has 0 aromatic rings. The van der Waals surface area contributed by atoms with Crippen LogP contribution in [0, 0.1) is 0 Å². The summed E-state index contributed by atoms with van der Waals surface area (Å²) in [6, 6.07) is 5.84. The molecule has 1 aliphatic rings. The fourth-order valence-electron chi connectivity index (χ4n) is 4.51. The van der Waals surface area contributed by atoms with Gasteiger partial charge >= 0.3 is 5.97 Å². The van der Waals surface area contributed by atoms with Crippen LogP contribution in [0.15, 0.2) is 4.99 Å². The Bertz CT molecular complexity index is 609. The zero-order chi connectivity index (χ0) is 24.4. The van der Waals surface area contributed by atoms with Crippen molar-refractivity contribution < 1.29 is 27.9 Å². The zero-order valence-electron chi connectivity index (χ0n) is 21.1.